The fraction of sp³-hybridized carbons (Fsp3) is 0.158. The van der Waals surface area contributed by atoms with Gasteiger partial charge in [-0.1, -0.05) is 11.8 Å². The summed E-state index contributed by atoms with van der Waals surface area (Å²) in [7, 11) is -3.37. The van der Waals surface area contributed by atoms with Gasteiger partial charge in [0.25, 0.3) is 5.22 Å². The second kappa shape index (κ2) is 8.15. The van der Waals surface area contributed by atoms with Gasteiger partial charge in [-0.05, 0) is 55.5 Å². The first-order valence-corrected chi connectivity index (χ1v) is 11.0. The van der Waals surface area contributed by atoms with Gasteiger partial charge in [-0.3, -0.25) is 9.52 Å². The smallest absolute Gasteiger partial charge is 0.256 e. The summed E-state index contributed by atoms with van der Waals surface area (Å²) in [5.41, 5.74) is 1.52. The number of ketones is 1. The summed E-state index contributed by atoms with van der Waals surface area (Å²) in [5.74, 6) is 0.00521. The minimum absolute atomic E-state index is 0.141. The number of hydrogen-bond acceptors (Lipinski definition) is 6. The van der Waals surface area contributed by atoms with E-state index in [2.05, 4.69) is 9.71 Å². The summed E-state index contributed by atoms with van der Waals surface area (Å²) in [6.45, 7) is 1.73. The lowest BCUT2D eigenvalue weighted by Crippen LogP contribution is -2.14. The number of halogens is 1. The Labute approximate surface area is 166 Å². The van der Waals surface area contributed by atoms with Crippen molar-refractivity contribution in [1.29, 1.82) is 0 Å². The average Bonchev–Trinajstić information content (AvgIpc) is 3.09. The van der Waals surface area contributed by atoms with E-state index in [1.54, 1.807) is 31.2 Å². The standard InChI is InChI=1S/C19H17FN2O4S2/c1-12(18(23)14-5-9-16(10-6-14)22-28(2,24)25)27-19-21-11-17(26-19)13-3-7-15(20)8-4-13/h3-12,22H,1-2H3. The van der Waals surface area contributed by atoms with Crippen LogP contribution in [0.4, 0.5) is 10.1 Å². The van der Waals surface area contributed by atoms with Crippen molar-refractivity contribution in [3.8, 4) is 11.3 Å². The van der Waals surface area contributed by atoms with Gasteiger partial charge in [0.15, 0.2) is 11.5 Å². The fourth-order valence-electron chi connectivity index (χ4n) is 2.42. The fourth-order valence-corrected chi connectivity index (χ4v) is 3.78. The molecule has 0 saturated heterocycles. The number of nitrogens with zero attached hydrogens (tertiary/aromatic N) is 1. The first kappa shape index (κ1) is 20.1. The third-order valence-electron chi connectivity index (χ3n) is 3.73. The van der Waals surface area contributed by atoms with Crippen LogP contribution in [0.25, 0.3) is 11.3 Å². The van der Waals surface area contributed by atoms with Crippen LogP contribution in [0.3, 0.4) is 0 Å². The van der Waals surface area contributed by atoms with Crippen molar-refractivity contribution in [3.05, 3.63) is 66.1 Å². The molecule has 0 spiro atoms. The zero-order chi connectivity index (χ0) is 20.3. The monoisotopic (exact) mass is 420 g/mol. The molecule has 0 aliphatic rings. The van der Waals surface area contributed by atoms with E-state index < -0.39 is 15.3 Å². The lowest BCUT2D eigenvalue weighted by Gasteiger charge is -2.09. The third-order valence-corrected chi connectivity index (χ3v) is 5.30. The van der Waals surface area contributed by atoms with Crippen LogP contribution in [0.15, 0.2) is 64.4 Å². The quantitative estimate of drug-likeness (QED) is 0.455. The molecule has 1 heterocycles. The number of sulfonamides is 1. The zero-order valence-electron chi connectivity index (χ0n) is 15.0. The number of benzene rings is 2. The predicted octanol–water partition coefficient (Wildman–Crippen LogP) is 4.22. The Hall–Kier alpha value is -2.65. The van der Waals surface area contributed by atoms with Gasteiger partial charge < -0.3 is 4.42 Å². The Bertz CT molecular complexity index is 1080. The topological polar surface area (TPSA) is 89.3 Å². The van der Waals surface area contributed by atoms with E-state index in [1.807, 2.05) is 0 Å². The van der Waals surface area contributed by atoms with Crippen molar-refractivity contribution < 1.29 is 22.0 Å². The van der Waals surface area contributed by atoms with Gasteiger partial charge in [0.2, 0.25) is 10.0 Å². The number of hydrogen-bond donors (Lipinski definition) is 1. The molecule has 1 unspecified atom stereocenters. The molecule has 9 heteroatoms. The molecule has 0 fully saturated rings. The normalized spacial score (nSPS) is 12.5. The highest BCUT2D eigenvalue weighted by atomic mass is 32.2. The number of anilines is 1. The maximum absolute atomic E-state index is 13.0. The zero-order valence-corrected chi connectivity index (χ0v) is 16.7. The van der Waals surface area contributed by atoms with E-state index in [-0.39, 0.29) is 11.6 Å². The van der Waals surface area contributed by atoms with Gasteiger partial charge in [0.05, 0.1) is 17.7 Å². The molecule has 2 aromatic carbocycles. The van der Waals surface area contributed by atoms with Crippen LogP contribution < -0.4 is 4.72 Å². The van der Waals surface area contributed by atoms with E-state index in [1.165, 1.54) is 42.2 Å². The number of thioether (sulfide) groups is 1. The molecule has 6 nitrogen and oxygen atoms in total. The minimum atomic E-state index is -3.37. The SMILES string of the molecule is CC(Sc1ncc(-c2ccc(F)cc2)o1)C(=O)c1ccc(NS(C)(=O)=O)cc1. The lowest BCUT2D eigenvalue weighted by molar-refractivity contribution is 0.0993. The second-order valence-electron chi connectivity index (χ2n) is 6.07. The number of carbonyl (C=O) groups excluding carboxylic acids is 1. The summed E-state index contributed by atoms with van der Waals surface area (Å²) in [4.78, 5) is 16.7. The molecule has 0 aliphatic heterocycles. The highest BCUT2D eigenvalue weighted by Crippen LogP contribution is 2.29. The van der Waals surface area contributed by atoms with E-state index in [9.17, 15) is 17.6 Å². The van der Waals surface area contributed by atoms with Gasteiger partial charge in [-0.25, -0.2) is 17.8 Å². The molecule has 0 bridgehead atoms. The maximum Gasteiger partial charge on any atom is 0.256 e. The highest BCUT2D eigenvalue weighted by Gasteiger charge is 2.19. The van der Waals surface area contributed by atoms with Crippen LogP contribution in [0.1, 0.15) is 17.3 Å². The summed E-state index contributed by atoms with van der Waals surface area (Å²) < 4.78 is 43.5. The maximum atomic E-state index is 13.0. The highest BCUT2D eigenvalue weighted by molar-refractivity contribution is 8.00. The Balaban J connectivity index is 1.66. The Morgan fingerprint density at radius 1 is 1.14 bits per heavy atom. The van der Waals surface area contributed by atoms with Crippen LogP contribution >= 0.6 is 11.8 Å². The van der Waals surface area contributed by atoms with Crippen molar-refractivity contribution >= 4 is 33.3 Å². The number of nitrogens with one attached hydrogen (secondary N) is 1. The number of Topliss-reactive ketones (excluding diaryl/α,β-unsaturated/α-hetero) is 1. The third kappa shape index (κ3) is 5.20. The van der Waals surface area contributed by atoms with Crippen LogP contribution in [-0.4, -0.2) is 30.7 Å². The molecule has 1 N–H and O–H groups in total. The van der Waals surface area contributed by atoms with Gasteiger partial charge >= 0.3 is 0 Å². The van der Waals surface area contributed by atoms with Crippen molar-refractivity contribution in [2.75, 3.05) is 11.0 Å². The number of carbonyl (C=O) groups is 1. The first-order valence-electron chi connectivity index (χ1n) is 8.22. The van der Waals surface area contributed by atoms with E-state index >= 15 is 0 Å². The molecule has 28 heavy (non-hydrogen) atoms. The van der Waals surface area contributed by atoms with Gasteiger partial charge in [0, 0.05) is 16.8 Å². The predicted molar refractivity (Wildman–Crippen MR) is 106 cm³/mol. The average molecular weight is 420 g/mol. The number of oxazole rings is 1. The Morgan fingerprint density at radius 2 is 1.79 bits per heavy atom. The molecule has 0 aliphatic carbocycles. The van der Waals surface area contributed by atoms with E-state index in [4.69, 9.17) is 4.42 Å². The van der Waals surface area contributed by atoms with E-state index in [0.29, 0.717) is 27.8 Å². The van der Waals surface area contributed by atoms with Gasteiger partial charge in [-0.2, -0.15) is 0 Å². The van der Waals surface area contributed by atoms with Crippen LogP contribution in [0.5, 0.6) is 0 Å². The van der Waals surface area contributed by atoms with Crippen molar-refractivity contribution in [1.82, 2.24) is 4.98 Å². The largest absolute Gasteiger partial charge is 0.431 e. The Kier molecular flexibility index (Phi) is 5.85. The molecular weight excluding hydrogens is 403 g/mol. The summed E-state index contributed by atoms with van der Waals surface area (Å²) in [5, 5.41) is -0.135. The molecule has 0 radical (unpaired) electrons. The summed E-state index contributed by atoms with van der Waals surface area (Å²) >= 11 is 1.17. The molecule has 1 atom stereocenters. The molecule has 1 aromatic heterocycles. The second-order valence-corrected chi connectivity index (χ2v) is 9.11. The molecule has 0 saturated carbocycles. The first-order chi connectivity index (χ1) is 13.2. The van der Waals surface area contributed by atoms with Crippen molar-refractivity contribution in [2.45, 2.75) is 17.4 Å². The molecule has 3 rings (SSSR count). The lowest BCUT2D eigenvalue weighted by atomic mass is 10.1. The van der Waals surface area contributed by atoms with Crippen LogP contribution in [-0.2, 0) is 10.0 Å². The van der Waals surface area contributed by atoms with Crippen molar-refractivity contribution in [3.63, 3.8) is 0 Å². The van der Waals surface area contributed by atoms with Crippen molar-refractivity contribution in [2.24, 2.45) is 0 Å². The number of aromatic nitrogens is 1. The van der Waals surface area contributed by atoms with Gasteiger partial charge in [0.1, 0.15) is 5.82 Å². The summed E-state index contributed by atoms with van der Waals surface area (Å²) in [6.07, 6.45) is 2.58. The molecule has 0 amide bonds. The Morgan fingerprint density at radius 3 is 2.39 bits per heavy atom. The molecular formula is C19H17FN2O4S2. The van der Waals surface area contributed by atoms with Gasteiger partial charge in [-0.15, -0.1) is 0 Å². The van der Waals surface area contributed by atoms with E-state index in [0.717, 1.165) is 6.26 Å². The minimum Gasteiger partial charge on any atom is -0.431 e. The summed E-state index contributed by atoms with van der Waals surface area (Å²) in [6, 6.07) is 12.0. The molecule has 146 valence electrons. The molecule has 3 aromatic rings. The van der Waals surface area contributed by atoms with Crippen LogP contribution in [0.2, 0.25) is 0 Å². The van der Waals surface area contributed by atoms with Crippen LogP contribution in [0, 0.1) is 5.82 Å². The number of rotatable bonds is 7.